The lowest BCUT2D eigenvalue weighted by Gasteiger charge is -2.34. The van der Waals surface area contributed by atoms with Gasteiger partial charge in [0.1, 0.15) is 0 Å². The quantitative estimate of drug-likeness (QED) is 0.574. The van der Waals surface area contributed by atoms with Crippen molar-refractivity contribution in [1.29, 1.82) is 5.41 Å². The van der Waals surface area contributed by atoms with Gasteiger partial charge in [0, 0.05) is 26.2 Å². The Bertz CT molecular complexity index is 394. The molecule has 0 radical (unpaired) electrons. The zero-order valence-electron chi connectivity index (χ0n) is 9.68. The van der Waals surface area contributed by atoms with Crippen LogP contribution >= 0.6 is 0 Å². The number of amides is 1. The van der Waals surface area contributed by atoms with Crippen LogP contribution in [0.25, 0.3) is 0 Å². The summed E-state index contributed by atoms with van der Waals surface area (Å²) in [6, 6.07) is 3.51. The largest absolute Gasteiger partial charge is 0.469 e. The summed E-state index contributed by atoms with van der Waals surface area (Å²) in [4.78, 5) is 15.5. The fraction of sp³-hybridized carbons (Fsp3) is 0.455. The van der Waals surface area contributed by atoms with Crippen molar-refractivity contribution in [2.24, 2.45) is 0 Å². The van der Waals surface area contributed by atoms with Gasteiger partial charge < -0.3 is 19.0 Å². The van der Waals surface area contributed by atoms with E-state index in [0.717, 1.165) is 0 Å². The molecule has 0 atom stereocenters. The molecule has 0 unspecified atom stereocenters. The van der Waals surface area contributed by atoms with Crippen molar-refractivity contribution in [2.45, 2.75) is 0 Å². The van der Waals surface area contributed by atoms with Crippen molar-refractivity contribution in [3.05, 3.63) is 24.2 Å². The first-order chi connectivity index (χ1) is 8.22. The Morgan fingerprint density at radius 3 is 2.53 bits per heavy atom. The van der Waals surface area contributed by atoms with Crippen LogP contribution in [0.3, 0.4) is 0 Å². The summed E-state index contributed by atoms with van der Waals surface area (Å²) in [6.45, 7) is 2.37. The molecule has 0 spiro atoms. The van der Waals surface area contributed by atoms with E-state index in [4.69, 9.17) is 14.6 Å². The van der Waals surface area contributed by atoms with Gasteiger partial charge >= 0.3 is 0 Å². The SMILES string of the molecule is COC(=N)N1CCN(C(=O)c2ccco2)CC1. The van der Waals surface area contributed by atoms with Crippen LogP contribution in [0.4, 0.5) is 0 Å². The molecule has 6 nitrogen and oxygen atoms in total. The number of rotatable bonds is 1. The third-order valence-electron chi connectivity index (χ3n) is 2.78. The van der Waals surface area contributed by atoms with E-state index in [1.807, 2.05) is 0 Å². The molecule has 92 valence electrons. The van der Waals surface area contributed by atoms with Gasteiger partial charge in [0.05, 0.1) is 13.4 Å². The number of hydrogen-bond acceptors (Lipinski definition) is 4. The summed E-state index contributed by atoms with van der Waals surface area (Å²) in [5.41, 5.74) is 0. The molecule has 1 aromatic heterocycles. The Balaban J connectivity index is 1.91. The highest BCUT2D eigenvalue weighted by molar-refractivity contribution is 5.91. The number of nitrogens with zero attached hydrogens (tertiary/aromatic N) is 2. The van der Waals surface area contributed by atoms with Gasteiger partial charge in [-0.15, -0.1) is 0 Å². The van der Waals surface area contributed by atoms with E-state index in [2.05, 4.69) is 0 Å². The van der Waals surface area contributed by atoms with Gasteiger partial charge in [0.15, 0.2) is 5.76 Å². The van der Waals surface area contributed by atoms with Gasteiger partial charge in [0.25, 0.3) is 11.9 Å². The predicted octanol–water partition coefficient (Wildman–Crippen LogP) is 0.619. The van der Waals surface area contributed by atoms with E-state index in [0.29, 0.717) is 31.9 Å². The first kappa shape index (κ1) is 11.5. The molecule has 1 N–H and O–H groups in total. The Hall–Kier alpha value is -1.98. The van der Waals surface area contributed by atoms with E-state index in [1.165, 1.54) is 13.4 Å². The molecule has 1 amide bonds. The van der Waals surface area contributed by atoms with E-state index >= 15 is 0 Å². The predicted molar refractivity (Wildman–Crippen MR) is 60.9 cm³/mol. The molecule has 0 saturated carbocycles. The standard InChI is InChI=1S/C11H15N3O3/c1-16-11(12)14-6-4-13(5-7-14)10(15)9-3-2-8-17-9/h2-3,8,12H,4-7H2,1H3. The monoisotopic (exact) mass is 237 g/mol. The minimum absolute atomic E-state index is 0.0985. The van der Waals surface area contributed by atoms with Gasteiger partial charge in [-0.1, -0.05) is 0 Å². The van der Waals surface area contributed by atoms with E-state index in [1.54, 1.807) is 21.9 Å². The minimum atomic E-state index is -0.0985. The molecule has 1 aliphatic rings. The van der Waals surface area contributed by atoms with Crippen molar-refractivity contribution in [1.82, 2.24) is 9.80 Å². The highest BCUT2D eigenvalue weighted by atomic mass is 16.5. The van der Waals surface area contributed by atoms with Crippen LogP contribution in [-0.4, -0.2) is 55.0 Å². The summed E-state index contributed by atoms with van der Waals surface area (Å²) in [7, 11) is 1.47. The first-order valence-corrected chi connectivity index (χ1v) is 5.42. The third-order valence-corrected chi connectivity index (χ3v) is 2.78. The Labute approximate surface area is 99.3 Å². The fourth-order valence-electron chi connectivity index (χ4n) is 1.80. The Kier molecular flexibility index (Phi) is 3.32. The molecule has 1 fully saturated rings. The lowest BCUT2D eigenvalue weighted by atomic mass is 10.3. The molecular weight excluding hydrogens is 222 g/mol. The first-order valence-electron chi connectivity index (χ1n) is 5.42. The number of piperazine rings is 1. The lowest BCUT2D eigenvalue weighted by molar-refractivity contribution is 0.0643. The van der Waals surface area contributed by atoms with Gasteiger partial charge in [-0.2, -0.15) is 0 Å². The van der Waals surface area contributed by atoms with E-state index in [-0.39, 0.29) is 11.9 Å². The normalized spacial score (nSPS) is 15.8. The van der Waals surface area contributed by atoms with E-state index in [9.17, 15) is 4.79 Å². The van der Waals surface area contributed by atoms with Crippen molar-refractivity contribution in [3.63, 3.8) is 0 Å². The number of furan rings is 1. The maximum Gasteiger partial charge on any atom is 0.289 e. The Morgan fingerprint density at radius 2 is 2.00 bits per heavy atom. The molecule has 1 aliphatic heterocycles. The summed E-state index contributed by atoms with van der Waals surface area (Å²) in [5.74, 6) is 0.263. The second-order valence-corrected chi connectivity index (χ2v) is 3.77. The molecule has 0 bridgehead atoms. The van der Waals surface area contributed by atoms with Gasteiger partial charge in [-0.3, -0.25) is 10.2 Å². The number of hydrogen-bond donors (Lipinski definition) is 1. The summed E-state index contributed by atoms with van der Waals surface area (Å²) < 4.78 is 9.92. The smallest absolute Gasteiger partial charge is 0.289 e. The molecule has 2 rings (SSSR count). The van der Waals surface area contributed by atoms with Crippen molar-refractivity contribution in [2.75, 3.05) is 33.3 Å². The second-order valence-electron chi connectivity index (χ2n) is 3.77. The molecule has 17 heavy (non-hydrogen) atoms. The van der Waals surface area contributed by atoms with Crippen LogP contribution in [0.5, 0.6) is 0 Å². The van der Waals surface area contributed by atoms with Crippen molar-refractivity contribution < 1.29 is 13.9 Å². The molecule has 1 aromatic rings. The van der Waals surface area contributed by atoms with Crippen LogP contribution in [0.2, 0.25) is 0 Å². The topological polar surface area (TPSA) is 69.8 Å². The minimum Gasteiger partial charge on any atom is -0.469 e. The lowest BCUT2D eigenvalue weighted by Crippen LogP contribution is -2.50. The van der Waals surface area contributed by atoms with Crippen molar-refractivity contribution >= 4 is 11.9 Å². The summed E-state index contributed by atoms with van der Waals surface area (Å²) in [6.07, 6.45) is 1.49. The fourth-order valence-corrected chi connectivity index (χ4v) is 1.80. The number of carbonyl (C=O) groups excluding carboxylic acids is 1. The maximum absolute atomic E-state index is 11.9. The highest BCUT2D eigenvalue weighted by Gasteiger charge is 2.24. The zero-order chi connectivity index (χ0) is 12.3. The zero-order valence-corrected chi connectivity index (χ0v) is 9.68. The number of carbonyl (C=O) groups is 1. The van der Waals surface area contributed by atoms with Crippen molar-refractivity contribution in [3.8, 4) is 0 Å². The summed E-state index contributed by atoms with van der Waals surface area (Å²) in [5, 5.41) is 7.53. The second kappa shape index (κ2) is 4.90. The van der Waals surface area contributed by atoms with Crippen LogP contribution in [0.1, 0.15) is 10.6 Å². The van der Waals surface area contributed by atoms with Crippen LogP contribution in [0.15, 0.2) is 22.8 Å². The van der Waals surface area contributed by atoms with Gasteiger partial charge in [-0.05, 0) is 12.1 Å². The number of methoxy groups -OCH3 is 1. The molecule has 0 aliphatic carbocycles. The molecule has 1 saturated heterocycles. The van der Waals surface area contributed by atoms with E-state index < -0.39 is 0 Å². The van der Waals surface area contributed by atoms with Gasteiger partial charge in [0.2, 0.25) is 0 Å². The molecule has 6 heteroatoms. The van der Waals surface area contributed by atoms with Crippen LogP contribution in [-0.2, 0) is 4.74 Å². The Morgan fingerprint density at radius 1 is 1.35 bits per heavy atom. The number of amidine groups is 1. The number of ether oxygens (including phenoxy) is 1. The van der Waals surface area contributed by atoms with Crippen LogP contribution in [0, 0.1) is 5.41 Å². The average molecular weight is 237 g/mol. The van der Waals surface area contributed by atoms with Gasteiger partial charge in [-0.25, -0.2) is 0 Å². The number of nitrogens with one attached hydrogen (secondary N) is 1. The average Bonchev–Trinajstić information content (AvgIpc) is 2.91. The highest BCUT2D eigenvalue weighted by Crippen LogP contribution is 2.09. The van der Waals surface area contributed by atoms with Crippen LogP contribution < -0.4 is 0 Å². The molecule has 0 aromatic carbocycles. The third kappa shape index (κ3) is 2.41. The molecule has 2 heterocycles. The summed E-state index contributed by atoms with van der Waals surface area (Å²) >= 11 is 0. The molecular formula is C11H15N3O3. The maximum atomic E-state index is 11.9.